The monoisotopic (exact) mass is 483 g/mol. The van der Waals surface area contributed by atoms with E-state index in [0.717, 1.165) is 16.6 Å². The lowest BCUT2D eigenvalue weighted by Crippen LogP contribution is -2.41. The third-order valence-electron chi connectivity index (χ3n) is 4.81. The predicted octanol–water partition coefficient (Wildman–Crippen LogP) is 3.29. The fraction of sp³-hybridized carbons (Fsp3) is 0.136. The maximum atomic E-state index is 13.1. The second-order valence-electron chi connectivity index (χ2n) is 7.40. The Labute approximate surface area is 194 Å². The van der Waals surface area contributed by atoms with Crippen molar-refractivity contribution < 1.29 is 18.0 Å². The Morgan fingerprint density at radius 2 is 1.73 bits per heavy atom. The van der Waals surface area contributed by atoms with Gasteiger partial charge in [-0.15, -0.1) is 16.2 Å². The molecule has 0 aliphatic carbocycles. The maximum Gasteiger partial charge on any atom is 0.278 e. The summed E-state index contributed by atoms with van der Waals surface area (Å²) in [5, 5.41) is 3.40. The van der Waals surface area contributed by atoms with Crippen molar-refractivity contribution >= 4 is 49.1 Å². The van der Waals surface area contributed by atoms with Crippen LogP contribution in [0.4, 0.5) is 5.69 Å². The topological polar surface area (TPSA) is 122 Å². The van der Waals surface area contributed by atoms with Crippen molar-refractivity contribution in [1.29, 1.82) is 0 Å². The summed E-state index contributed by atoms with van der Waals surface area (Å²) >= 11 is 1.19. The molecule has 3 N–H and O–H groups in total. The molecule has 0 saturated heterocycles. The lowest BCUT2D eigenvalue weighted by molar-refractivity contribution is -0.114. The average Bonchev–Trinajstić information content (AvgIpc) is 3.39. The zero-order valence-electron chi connectivity index (χ0n) is 18.0. The molecule has 170 valence electrons. The van der Waals surface area contributed by atoms with Crippen molar-refractivity contribution in [2.75, 3.05) is 5.32 Å². The van der Waals surface area contributed by atoms with E-state index in [9.17, 15) is 18.0 Å². The molecule has 0 aliphatic heterocycles. The fourth-order valence-electron chi connectivity index (χ4n) is 3.46. The van der Waals surface area contributed by atoms with Gasteiger partial charge in [0.1, 0.15) is 9.71 Å². The van der Waals surface area contributed by atoms with Gasteiger partial charge in [-0.05, 0) is 61.9 Å². The predicted molar refractivity (Wildman–Crippen MR) is 127 cm³/mol. The number of sulfonamides is 1. The fourth-order valence-corrected chi connectivity index (χ4v) is 5.49. The van der Waals surface area contributed by atoms with Gasteiger partial charge in [0.2, 0.25) is 5.91 Å². The van der Waals surface area contributed by atoms with Crippen molar-refractivity contribution in [2.45, 2.75) is 25.7 Å². The molecular weight excluding hydrogens is 462 g/mol. The standard InChI is InChI=1S/C22H21N5O4S2/c1-13-12-14(2)23-22-18(13)19(27-10-4-5-11-27)20(32-22)21(29)25-26-33(30,31)17-8-6-16(7-9-17)24-15(3)28/h4-12,26H,1-3H3,(H,24,28)(H,25,29). The van der Waals surface area contributed by atoms with Crippen molar-refractivity contribution in [3.05, 3.63) is 71.0 Å². The highest BCUT2D eigenvalue weighted by Crippen LogP contribution is 2.35. The van der Waals surface area contributed by atoms with Crippen LogP contribution >= 0.6 is 11.3 Å². The summed E-state index contributed by atoms with van der Waals surface area (Å²) in [6.45, 7) is 5.19. The maximum absolute atomic E-state index is 13.1. The van der Waals surface area contributed by atoms with Crippen LogP contribution in [-0.4, -0.2) is 29.8 Å². The highest BCUT2D eigenvalue weighted by atomic mass is 32.2. The Kier molecular flexibility index (Phi) is 6.02. The molecule has 9 nitrogen and oxygen atoms in total. The van der Waals surface area contributed by atoms with Crippen molar-refractivity contribution in [3.63, 3.8) is 0 Å². The number of thiophene rings is 1. The molecule has 0 fully saturated rings. The van der Waals surface area contributed by atoms with Gasteiger partial charge in [0.15, 0.2) is 0 Å². The van der Waals surface area contributed by atoms with Crippen molar-refractivity contribution in [1.82, 2.24) is 19.8 Å². The molecule has 4 aromatic rings. The molecule has 0 aliphatic rings. The van der Waals surface area contributed by atoms with Gasteiger partial charge in [-0.1, -0.05) is 0 Å². The number of aromatic nitrogens is 2. The van der Waals surface area contributed by atoms with Gasteiger partial charge in [0.25, 0.3) is 15.9 Å². The first-order valence-electron chi connectivity index (χ1n) is 9.89. The number of nitrogens with one attached hydrogen (secondary N) is 3. The minimum Gasteiger partial charge on any atom is -0.326 e. The number of fused-ring (bicyclic) bond motifs is 1. The number of carbonyl (C=O) groups is 2. The molecule has 3 heterocycles. The summed E-state index contributed by atoms with van der Waals surface area (Å²) in [5.74, 6) is -0.866. The van der Waals surface area contributed by atoms with E-state index in [1.807, 2.05) is 49.0 Å². The summed E-state index contributed by atoms with van der Waals surface area (Å²) in [4.78, 5) is 31.8. The van der Waals surface area contributed by atoms with Crippen LogP contribution in [0.1, 0.15) is 27.9 Å². The number of rotatable bonds is 6. The number of pyridine rings is 1. The Morgan fingerprint density at radius 1 is 1.06 bits per heavy atom. The molecule has 11 heteroatoms. The number of nitrogens with zero attached hydrogens (tertiary/aromatic N) is 2. The SMILES string of the molecule is CC(=O)Nc1ccc(S(=O)(=O)NNC(=O)c2sc3nc(C)cc(C)c3c2-n2cccc2)cc1. The molecular formula is C22H21N5O4S2. The van der Waals surface area contributed by atoms with E-state index in [4.69, 9.17) is 0 Å². The van der Waals surface area contributed by atoms with Crippen LogP contribution in [0.2, 0.25) is 0 Å². The second kappa shape index (κ2) is 8.77. The van der Waals surface area contributed by atoms with Gasteiger partial charge in [0, 0.05) is 36.1 Å². The number of hydrogen-bond donors (Lipinski definition) is 3. The molecule has 2 amide bonds. The van der Waals surface area contributed by atoms with Crippen LogP contribution in [0.3, 0.4) is 0 Å². The number of benzene rings is 1. The first-order valence-corrected chi connectivity index (χ1v) is 12.2. The Bertz CT molecular complexity index is 1460. The number of aryl methyl sites for hydroxylation is 2. The summed E-state index contributed by atoms with van der Waals surface area (Å²) in [5.41, 5.74) is 5.21. The van der Waals surface area contributed by atoms with E-state index in [-0.39, 0.29) is 10.8 Å². The van der Waals surface area contributed by atoms with Gasteiger partial charge < -0.3 is 9.88 Å². The third-order valence-corrected chi connectivity index (χ3v) is 7.15. The Hall–Kier alpha value is -3.54. The number of amides is 2. The molecule has 0 atom stereocenters. The quantitative estimate of drug-likeness (QED) is 0.363. The lowest BCUT2D eigenvalue weighted by Gasteiger charge is -2.11. The van der Waals surface area contributed by atoms with Crippen LogP contribution in [0.5, 0.6) is 0 Å². The van der Waals surface area contributed by atoms with Crippen molar-refractivity contribution in [3.8, 4) is 5.69 Å². The molecule has 3 aromatic heterocycles. The van der Waals surface area contributed by atoms with Gasteiger partial charge in [-0.25, -0.2) is 13.4 Å². The van der Waals surface area contributed by atoms with E-state index in [2.05, 4.69) is 20.6 Å². The average molecular weight is 484 g/mol. The first kappa shape index (κ1) is 22.6. The number of carbonyl (C=O) groups excluding carboxylic acids is 2. The summed E-state index contributed by atoms with van der Waals surface area (Å²) < 4.78 is 27.1. The van der Waals surface area contributed by atoms with Gasteiger partial charge in [-0.3, -0.25) is 15.0 Å². The van der Waals surface area contributed by atoms with Crippen molar-refractivity contribution in [2.24, 2.45) is 0 Å². The number of hydrazine groups is 1. The van der Waals surface area contributed by atoms with Crippen LogP contribution in [0.15, 0.2) is 59.8 Å². The molecule has 33 heavy (non-hydrogen) atoms. The molecule has 0 bridgehead atoms. The Morgan fingerprint density at radius 3 is 2.36 bits per heavy atom. The van der Waals surface area contributed by atoms with E-state index in [1.165, 1.54) is 42.5 Å². The summed E-state index contributed by atoms with van der Waals surface area (Å²) in [6, 6.07) is 11.2. The van der Waals surface area contributed by atoms with E-state index in [1.54, 1.807) is 0 Å². The molecule has 0 radical (unpaired) electrons. The third kappa shape index (κ3) is 4.65. The van der Waals surface area contributed by atoms with Crippen LogP contribution in [0, 0.1) is 13.8 Å². The minimum atomic E-state index is -4.03. The minimum absolute atomic E-state index is 0.0630. The zero-order valence-corrected chi connectivity index (χ0v) is 19.7. The van der Waals surface area contributed by atoms with Crippen LogP contribution in [-0.2, 0) is 14.8 Å². The van der Waals surface area contributed by atoms with Crippen LogP contribution in [0.25, 0.3) is 15.9 Å². The molecule has 0 unspecified atom stereocenters. The number of hydrogen-bond acceptors (Lipinski definition) is 6. The number of anilines is 1. The normalized spacial score (nSPS) is 11.5. The highest BCUT2D eigenvalue weighted by molar-refractivity contribution is 7.89. The molecule has 0 saturated carbocycles. The smallest absolute Gasteiger partial charge is 0.278 e. The molecule has 4 rings (SSSR count). The molecule has 1 aromatic carbocycles. The molecule has 0 spiro atoms. The lowest BCUT2D eigenvalue weighted by atomic mass is 10.1. The van der Waals surface area contributed by atoms with E-state index >= 15 is 0 Å². The van der Waals surface area contributed by atoms with E-state index < -0.39 is 15.9 Å². The summed E-state index contributed by atoms with van der Waals surface area (Å²) in [6.07, 6.45) is 3.64. The van der Waals surface area contributed by atoms with Gasteiger partial charge in [0.05, 0.1) is 10.6 Å². The van der Waals surface area contributed by atoms with E-state index in [0.29, 0.717) is 21.1 Å². The first-order chi connectivity index (χ1) is 15.7. The summed E-state index contributed by atoms with van der Waals surface area (Å²) in [7, 11) is -4.03. The largest absolute Gasteiger partial charge is 0.326 e. The van der Waals surface area contributed by atoms with Gasteiger partial charge >= 0.3 is 0 Å². The van der Waals surface area contributed by atoms with Crippen LogP contribution < -0.4 is 15.6 Å². The van der Waals surface area contributed by atoms with Gasteiger partial charge in [-0.2, -0.15) is 0 Å². The zero-order chi connectivity index (χ0) is 23.8. The highest BCUT2D eigenvalue weighted by Gasteiger charge is 2.24. The second-order valence-corrected chi connectivity index (χ2v) is 10.1. The Balaban J connectivity index is 1.62.